The van der Waals surface area contributed by atoms with Crippen molar-refractivity contribution in [2.75, 3.05) is 13.2 Å². The van der Waals surface area contributed by atoms with Gasteiger partial charge in [-0.3, -0.25) is 0 Å². The lowest BCUT2D eigenvalue weighted by Gasteiger charge is -2.18. The second kappa shape index (κ2) is 9.04. The van der Waals surface area contributed by atoms with E-state index in [1.165, 1.54) is 0 Å². The van der Waals surface area contributed by atoms with Gasteiger partial charge in [0.05, 0.1) is 25.4 Å². The largest absolute Gasteiger partial charge is 0.393 e. The molecule has 1 aromatic rings. The number of hydrogen-bond donors (Lipinski definition) is 3. The van der Waals surface area contributed by atoms with Crippen LogP contribution in [0.2, 0.25) is 0 Å². The molecule has 0 saturated heterocycles. The van der Waals surface area contributed by atoms with Gasteiger partial charge in [-0.1, -0.05) is 30.3 Å². The Morgan fingerprint density at radius 2 is 1.84 bits per heavy atom. The van der Waals surface area contributed by atoms with Gasteiger partial charge in [-0.2, -0.15) is 0 Å². The van der Waals surface area contributed by atoms with Crippen LogP contribution in [0.5, 0.6) is 0 Å². The molecule has 1 aromatic carbocycles. The van der Waals surface area contributed by atoms with Crippen molar-refractivity contribution in [3.8, 4) is 0 Å². The zero-order valence-corrected chi connectivity index (χ0v) is 11.7. The van der Waals surface area contributed by atoms with Gasteiger partial charge in [0.25, 0.3) is 0 Å². The van der Waals surface area contributed by atoms with Gasteiger partial charge in [0.1, 0.15) is 0 Å². The van der Waals surface area contributed by atoms with Crippen LogP contribution < -0.4 is 5.32 Å². The summed E-state index contributed by atoms with van der Waals surface area (Å²) in [6.45, 7) is 5.05. The number of aliphatic hydroxyl groups excluding tert-OH is 2. The second-order valence-electron chi connectivity index (χ2n) is 5.05. The van der Waals surface area contributed by atoms with Crippen molar-refractivity contribution in [2.24, 2.45) is 0 Å². The molecule has 3 atom stereocenters. The monoisotopic (exact) mass is 267 g/mol. The van der Waals surface area contributed by atoms with Crippen molar-refractivity contribution < 1.29 is 14.9 Å². The number of ether oxygens (including phenoxy) is 1. The lowest BCUT2D eigenvalue weighted by atomic mass is 10.1. The molecule has 4 heteroatoms. The summed E-state index contributed by atoms with van der Waals surface area (Å²) in [7, 11) is 0. The van der Waals surface area contributed by atoms with E-state index in [-0.39, 0.29) is 12.1 Å². The topological polar surface area (TPSA) is 61.7 Å². The van der Waals surface area contributed by atoms with E-state index < -0.39 is 6.10 Å². The minimum atomic E-state index is -0.528. The molecule has 0 amide bonds. The fourth-order valence-corrected chi connectivity index (χ4v) is 1.88. The van der Waals surface area contributed by atoms with Crippen molar-refractivity contribution in [1.29, 1.82) is 0 Å². The first-order valence-corrected chi connectivity index (χ1v) is 6.79. The van der Waals surface area contributed by atoms with Gasteiger partial charge in [0, 0.05) is 12.6 Å². The highest BCUT2D eigenvalue weighted by Crippen LogP contribution is 2.01. The van der Waals surface area contributed by atoms with Gasteiger partial charge in [-0.25, -0.2) is 0 Å². The molecule has 0 fully saturated rings. The molecule has 0 saturated carbocycles. The number of rotatable bonds is 9. The maximum atomic E-state index is 9.76. The molecule has 0 aliphatic rings. The molecule has 0 aliphatic carbocycles. The summed E-state index contributed by atoms with van der Waals surface area (Å²) in [4.78, 5) is 0. The Kier molecular flexibility index (Phi) is 7.67. The van der Waals surface area contributed by atoms with Gasteiger partial charge >= 0.3 is 0 Å². The first-order valence-electron chi connectivity index (χ1n) is 6.79. The summed E-state index contributed by atoms with van der Waals surface area (Å²) in [5.74, 6) is 0. The minimum absolute atomic E-state index is 0.184. The number of hydrogen-bond acceptors (Lipinski definition) is 4. The third-order valence-electron chi connectivity index (χ3n) is 2.82. The first-order chi connectivity index (χ1) is 9.08. The molecule has 19 heavy (non-hydrogen) atoms. The van der Waals surface area contributed by atoms with Crippen molar-refractivity contribution in [2.45, 2.75) is 45.1 Å². The standard InChI is InChI=1S/C15H25NO3/c1-12(8-13(2)17)16-9-15(18)11-19-10-14-6-4-3-5-7-14/h3-7,12-13,15-18H,8-11H2,1-2H3. The van der Waals surface area contributed by atoms with Crippen LogP contribution in [0.25, 0.3) is 0 Å². The SMILES string of the molecule is CC(O)CC(C)NCC(O)COCc1ccccc1. The van der Waals surface area contributed by atoms with E-state index in [1.807, 2.05) is 37.3 Å². The predicted molar refractivity (Wildman–Crippen MR) is 75.9 cm³/mol. The second-order valence-corrected chi connectivity index (χ2v) is 5.05. The smallest absolute Gasteiger partial charge is 0.0897 e. The maximum Gasteiger partial charge on any atom is 0.0897 e. The van der Waals surface area contributed by atoms with Crippen molar-refractivity contribution >= 4 is 0 Å². The van der Waals surface area contributed by atoms with E-state index in [0.29, 0.717) is 26.2 Å². The first kappa shape index (κ1) is 16.1. The third kappa shape index (κ3) is 7.95. The normalized spacial score (nSPS) is 16.0. The van der Waals surface area contributed by atoms with Crippen LogP contribution in [0.1, 0.15) is 25.8 Å². The van der Waals surface area contributed by atoms with E-state index in [0.717, 1.165) is 5.56 Å². The van der Waals surface area contributed by atoms with Crippen LogP contribution >= 0.6 is 0 Å². The highest BCUT2D eigenvalue weighted by atomic mass is 16.5. The number of benzene rings is 1. The molecule has 0 heterocycles. The minimum Gasteiger partial charge on any atom is -0.393 e. The van der Waals surface area contributed by atoms with Crippen LogP contribution in [0.15, 0.2) is 30.3 Å². The lowest BCUT2D eigenvalue weighted by molar-refractivity contribution is 0.0270. The Labute approximate surface area is 115 Å². The van der Waals surface area contributed by atoms with Gasteiger partial charge in [0.15, 0.2) is 0 Å². The third-order valence-corrected chi connectivity index (χ3v) is 2.82. The molecular weight excluding hydrogens is 242 g/mol. The average Bonchev–Trinajstić information content (AvgIpc) is 2.37. The van der Waals surface area contributed by atoms with E-state index in [1.54, 1.807) is 6.92 Å². The van der Waals surface area contributed by atoms with Crippen LogP contribution in [-0.4, -0.2) is 41.6 Å². The van der Waals surface area contributed by atoms with E-state index in [2.05, 4.69) is 5.32 Å². The summed E-state index contributed by atoms with van der Waals surface area (Å²) in [6.07, 6.45) is -0.174. The zero-order valence-electron chi connectivity index (χ0n) is 11.7. The summed E-state index contributed by atoms with van der Waals surface area (Å²) in [5.41, 5.74) is 1.10. The van der Waals surface area contributed by atoms with Gasteiger partial charge < -0.3 is 20.3 Å². The molecule has 4 nitrogen and oxygen atoms in total. The molecule has 0 aliphatic heterocycles. The molecule has 0 radical (unpaired) electrons. The van der Waals surface area contributed by atoms with Gasteiger partial charge in [-0.15, -0.1) is 0 Å². The van der Waals surface area contributed by atoms with Crippen LogP contribution in [0.4, 0.5) is 0 Å². The lowest BCUT2D eigenvalue weighted by Crippen LogP contribution is -2.37. The maximum absolute atomic E-state index is 9.76. The van der Waals surface area contributed by atoms with E-state index in [9.17, 15) is 10.2 Å². The van der Waals surface area contributed by atoms with E-state index in [4.69, 9.17) is 4.74 Å². The van der Waals surface area contributed by atoms with Crippen LogP contribution in [0, 0.1) is 0 Å². The summed E-state index contributed by atoms with van der Waals surface area (Å²) in [5, 5.41) is 22.2. The molecule has 1 rings (SSSR count). The summed E-state index contributed by atoms with van der Waals surface area (Å²) >= 11 is 0. The molecule has 3 unspecified atom stereocenters. The fraction of sp³-hybridized carbons (Fsp3) is 0.600. The van der Waals surface area contributed by atoms with Crippen molar-refractivity contribution in [3.05, 3.63) is 35.9 Å². The highest BCUT2D eigenvalue weighted by Gasteiger charge is 2.09. The highest BCUT2D eigenvalue weighted by molar-refractivity contribution is 5.13. The predicted octanol–water partition coefficient (Wildman–Crippen LogP) is 1.31. The quantitative estimate of drug-likeness (QED) is 0.631. The molecule has 3 N–H and O–H groups in total. The molecular formula is C15H25NO3. The van der Waals surface area contributed by atoms with Crippen LogP contribution in [0.3, 0.4) is 0 Å². The van der Waals surface area contributed by atoms with E-state index >= 15 is 0 Å². The number of nitrogens with one attached hydrogen (secondary N) is 1. The van der Waals surface area contributed by atoms with Crippen molar-refractivity contribution in [3.63, 3.8) is 0 Å². The zero-order chi connectivity index (χ0) is 14.1. The van der Waals surface area contributed by atoms with Crippen molar-refractivity contribution in [1.82, 2.24) is 5.32 Å². The Balaban J connectivity index is 2.09. The fourth-order valence-electron chi connectivity index (χ4n) is 1.88. The Hall–Kier alpha value is -0.940. The Morgan fingerprint density at radius 1 is 1.16 bits per heavy atom. The average molecular weight is 267 g/mol. The summed E-state index contributed by atoms with van der Waals surface area (Å²) < 4.78 is 5.46. The Morgan fingerprint density at radius 3 is 2.47 bits per heavy atom. The molecule has 0 spiro atoms. The van der Waals surface area contributed by atoms with Gasteiger partial charge in [-0.05, 0) is 25.8 Å². The van der Waals surface area contributed by atoms with Crippen LogP contribution in [-0.2, 0) is 11.3 Å². The molecule has 108 valence electrons. The Bertz CT molecular complexity index is 329. The molecule has 0 aromatic heterocycles. The van der Waals surface area contributed by atoms with Gasteiger partial charge in [0.2, 0.25) is 0 Å². The molecule has 0 bridgehead atoms. The number of aliphatic hydroxyl groups is 2. The summed E-state index contributed by atoms with van der Waals surface area (Å²) in [6, 6.07) is 10.1.